The number of fused-ring (bicyclic) bond motifs is 1. The summed E-state index contributed by atoms with van der Waals surface area (Å²) < 4.78 is 13.1. The zero-order valence-electron chi connectivity index (χ0n) is 17.6. The minimum Gasteiger partial charge on any atom is -0.497 e. The molecule has 3 aromatic rings. The van der Waals surface area contributed by atoms with Crippen LogP contribution in [-0.2, 0) is 11.3 Å². The number of nitrogens with zero attached hydrogens (tertiary/aromatic N) is 3. The molecule has 1 aliphatic rings. The van der Waals surface area contributed by atoms with Gasteiger partial charge in [-0.05, 0) is 50.1 Å². The van der Waals surface area contributed by atoms with Gasteiger partial charge >= 0.3 is 0 Å². The zero-order valence-corrected chi connectivity index (χ0v) is 18.4. The van der Waals surface area contributed by atoms with E-state index < -0.39 is 0 Å². The Kier molecular flexibility index (Phi) is 6.18. The topological polar surface area (TPSA) is 56.6 Å². The Labute approximate surface area is 181 Å². The molecule has 1 fully saturated rings. The third-order valence-electron chi connectivity index (χ3n) is 5.63. The second-order valence-electron chi connectivity index (χ2n) is 7.27. The van der Waals surface area contributed by atoms with Crippen molar-refractivity contribution in [2.75, 3.05) is 26.5 Å². The number of imidazole rings is 1. The number of amides is 1. The fourth-order valence-electron chi connectivity index (χ4n) is 4.17. The number of para-hydroxylation sites is 2. The van der Waals surface area contributed by atoms with Crippen molar-refractivity contribution in [3.63, 3.8) is 0 Å². The Morgan fingerprint density at radius 1 is 1.20 bits per heavy atom. The fraction of sp³-hybridized carbons (Fsp3) is 0.391. The number of aryl methyl sites for hydroxylation is 1. The maximum absolute atomic E-state index is 13.2. The third-order valence-corrected chi connectivity index (χ3v) is 6.59. The number of benzene rings is 2. The van der Waals surface area contributed by atoms with E-state index >= 15 is 0 Å². The largest absolute Gasteiger partial charge is 0.497 e. The van der Waals surface area contributed by atoms with Crippen molar-refractivity contribution in [1.82, 2.24) is 14.5 Å². The summed E-state index contributed by atoms with van der Waals surface area (Å²) in [6.07, 6.45) is 1.91. The van der Waals surface area contributed by atoms with Crippen molar-refractivity contribution in [1.29, 1.82) is 0 Å². The van der Waals surface area contributed by atoms with Gasteiger partial charge in [0.2, 0.25) is 5.91 Å². The number of carbonyl (C=O) groups excluding carboxylic acids is 1. The maximum Gasteiger partial charge on any atom is 0.233 e. The normalized spacial score (nSPS) is 16.2. The summed E-state index contributed by atoms with van der Waals surface area (Å²) in [6, 6.07) is 13.9. The highest BCUT2D eigenvalue weighted by Gasteiger charge is 2.32. The van der Waals surface area contributed by atoms with Crippen LogP contribution < -0.4 is 9.47 Å². The zero-order chi connectivity index (χ0) is 21.1. The van der Waals surface area contributed by atoms with Crippen molar-refractivity contribution < 1.29 is 14.3 Å². The Hall–Kier alpha value is -2.67. The molecule has 4 rings (SSSR count). The molecule has 2 heterocycles. The van der Waals surface area contributed by atoms with Gasteiger partial charge in [-0.3, -0.25) is 4.79 Å². The highest BCUT2D eigenvalue weighted by atomic mass is 32.2. The van der Waals surface area contributed by atoms with Crippen LogP contribution in [0.1, 0.15) is 31.4 Å². The Morgan fingerprint density at radius 3 is 2.80 bits per heavy atom. The van der Waals surface area contributed by atoms with E-state index in [9.17, 15) is 4.79 Å². The lowest BCUT2D eigenvalue weighted by Crippen LogP contribution is -2.32. The van der Waals surface area contributed by atoms with Crippen LogP contribution in [0.3, 0.4) is 0 Å². The second-order valence-corrected chi connectivity index (χ2v) is 8.21. The first-order valence-electron chi connectivity index (χ1n) is 10.3. The lowest BCUT2D eigenvalue weighted by molar-refractivity contribution is -0.129. The number of thioether (sulfide) groups is 1. The summed E-state index contributed by atoms with van der Waals surface area (Å²) in [5.41, 5.74) is 3.08. The number of aromatic nitrogens is 2. The van der Waals surface area contributed by atoms with Gasteiger partial charge in [0, 0.05) is 18.7 Å². The smallest absolute Gasteiger partial charge is 0.233 e. The molecule has 1 aliphatic heterocycles. The molecule has 0 N–H and O–H groups in total. The fourth-order valence-corrected chi connectivity index (χ4v) is 5.13. The highest BCUT2D eigenvalue weighted by molar-refractivity contribution is 7.99. The number of methoxy groups -OCH3 is 2. The molecule has 1 amide bonds. The number of hydrogen-bond acceptors (Lipinski definition) is 5. The van der Waals surface area contributed by atoms with E-state index in [1.807, 2.05) is 41.3 Å². The van der Waals surface area contributed by atoms with E-state index in [-0.39, 0.29) is 11.9 Å². The van der Waals surface area contributed by atoms with Crippen molar-refractivity contribution in [3.05, 3.63) is 48.0 Å². The monoisotopic (exact) mass is 425 g/mol. The summed E-state index contributed by atoms with van der Waals surface area (Å²) in [6.45, 7) is 3.69. The van der Waals surface area contributed by atoms with Gasteiger partial charge in [0.1, 0.15) is 11.5 Å². The first-order valence-corrected chi connectivity index (χ1v) is 11.2. The Balaban J connectivity index is 1.53. The molecule has 7 heteroatoms. The molecular weight excluding hydrogens is 398 g/mol. The molecule has 1 unspecified atom stereocenters. The van der Waals surface area contributed by atoms with Crippen LogP contribution in [0, 0.1) is 0 Å². The maximum atomic E-state index is 13.2. The van der Waals surface area contributed by atoms with Crippen LogP contribution in [0.5, 0.6) is 11.5 Å². The molecule has 0 aliphatic carbocycles. The molecule has 0 spiro atoms. The summed E-state index contributed by atoms with van der Waals surface area (Å²) in [7, 11) is 3.32. The first-order chi connectivity index (χ1) is 14.7. The van der Waals surface area contributed by atoms with Crippen LogP contribution in [-0.4, -0.2) is 46.9 Å². The van der Waals surface area contributed by atoms with Crippen LogP contribution >= 0.6 is 11.8 Å². The average molecular weight is 426 g/mol. The predicted molar refractivity (Wildman–Crippen MR) is 119 cm³/mol. The second kappa shape index (κ2) is 9.00. The van der Waals surface area contributed by atoms with Gasteiger partial charge in [-0.1, -0.05) is 23.9 Å². The van der Waals surface area contributed by atoms with E-state index in [0.29, 0.717) is 5.75 Å². The summed E-state index contributed by atoms with van der Waals surface area (Å²) in [5, 5.41) is 0.891. The van der Waals surface area contributed by atoms with Gasteiger partial charge in [-0.25, -0.2) is 4.98 Å². The van der Waals surface area contributed by atoms with Gasteiger partial charge in [-0.2, -0.15) is 0 Å². The molecule has 1 saturated heterocycles. The molecule has 6 nitrogen and oxygen atoms in total. The number of likely N-dealkylation sites (tertiary alicyclic amines) is 1. The Morgan fingerprint density at radius 2 is 2.03 bits per heavy atom. The summed E-state index contributed by atoms with van der Waals surface area (Å²) in [5.74, 6) is 2.06. The summed E-state index contributed by atoms with van der Waals surface area (Å²) >= 11 is 1.51. The van der Waals surface area contributed by atoms with Gasteiger partial charge in [0.25, 0.3) is 0 Å². The van der Waals surface area contributed by atoms with E-state index in [1.165, 1.54) is 11.8 Å². The van der Waals surface area contributed by atoms with Gasteiger partial charge in [0.05, 0.1) is 37.0 Å². The van der Waals surface area contributed by atoms with Crippen molar-refractivity contribution in [3.8, 4) is 11.5 Å². The minimum atomic E-state index is 0.00754. The molecule has 1 atom stereocenters. The molecule has 0 radical (unpaired) electrons. The molecule has 30 heavy (non-hydrogen) atoms. The lowest BCUT2D eigenvalue weighted by atomic mass is 10.0. The average Bonchev–Trinajstić information content (AvgIpc) is 3.41. The number of hydrogen-bond donors (Lipinski definition) is 0. The quantitative estimate of drug-likeness (QED) is 0.521. The lowest BCUT2D eigenvalue weighted by Gasteiger charge is -2.26. The Bertz CT molecular complexity index is 1050. The van der Waals surface area contributed by atoms with E-state index in [4.69, 9.17) is 14.5 Å². The molecular formula is C23H27N3O3S. The summed E-state index contributed by atoms with van der Waals surface area (Å²) in [4.78, 5) is 19.9. The van der Waals surface area contributed by atoms with Crippen LogP contribution in [0.25, 0.3) is 11.0 Å². The van der Waals surface area contributed by atoms with E-state index in [1.54, 1.807) is 14.2 Å². The highest BCUT2D eigenvalue weighted by Crippen LogP contribution is 2.39. The van der Waals surface area contributed by atoms with Crippen LogP contribution in [0.2, 0.25) is 0 Å². The van der Waals surface area contributed by atoms with Gasteiger partial charge in [0.15, 0.2) is 5.16 Å². The minimum absolute atomic E-state index is 0.00754. The molecule has 0 saturated carbocycles. The SMILES string of the molecule is CCn1c(SCC(=O)N2CCCC2c2cc(OC)ccc2OC)nc2ccccc21. The van der Waals surface area contributed by atoms with Crippen molar-refractivity contribution in [2.24, 2.45) is 0 Å². The predicted octanol–water partition coefficient (Wildman–Crippen LogP) is 4.53. The van der Waals surface area contributed by atoms with E-state index in [2.05, 4.69) is 17.6 Å². The van der Waals surface area contributed by atoms with Crippen molar-refractivity contribution >= 4 is 28.7 Å². The first kappa shape index (κ1) is 20.6. The molecule has 2 aromatic carbocycles. The third kappa shape index (κ3) is 3.86. The molecule has 158 valence electrons. The van der Waals surface area contributed by atoms with E-state index in [0.717, 1.165) is 59.2 Å². The number of ether oxygens (including phenoxy) is 2. The van der Waals surface area contributed by atoms with Gasteiger partial charge in [-0.15, -0.1) is 0 Å². The van der Waals surface area contributed by atoms with Crippen LogP contribution in [0.4, 0.5) is 0 Å². The number of carbonyl (C=O) groups is 1. The molecule has 0 bridgehead atoms. The standard InChI is InChI=1S/C23H27N3O3S/c1-4-25-20-9-6-5-8-18(20)24-23(25)30-15-22(27)26-13-7-10-19(26)17-14-16(28-2)11-12-21(17)29-3/h5-6,8-9,11-12,14,19H,4,7,10,13,15H2,1-3H3. The molecule has 1 aromatic heterocycles. The van der Waals surface area contributed by atoms with Crippen molar-refractivity contribution in [2.45, 2.75) is 37.5 Å². The number of rotatable bonds is 7. The van der Waals surface area contributed by atoms with Gasteiger partial charge < -0.3 is 18.9 Å². The van der Waals surface area contributed by atoms with Crippen LogP contribution in [0.15, 0.2) is 47.6 Å².